The molecule has 0 saturated heterocycles. The Morgan fingerprint density at radius 1 is 1.19 bits per heavy atom. The summed E-state index contributed by atoms with van der Waals surface area (Å²) in [5.41, 5.74) is 0.138. The van der Waals surface area contributed by atoms with E-state index in [9.17, 15) is 13.2 Å². The van der Waals surface area contributed by atoms with Crippen LogP contribution in [0, 0.1) is 5.41 Å². The summed E-state index contributed by atoms with van der Waals surface area (Å²) in [6, 6.07) is 0.334. The Morgan fingerprint density at radius 3 is 2.06 bits per heavy atom. The van der Waals surface area contributed by atoms with Gasteiger partial charge in [-0.05, 0) is 19.4 Å². The van der Waals surface area contributed by atoms with Gasteiger partial charge in [-0.1, -0.05) is 20.8 Å². The van der Waals surface area contributed by atoms with E-state index < -0.39 is 12.7 Å². The predicted octanol–water partition coefficient (Wildman–Crippen LogP) is 2.50. The molecule has 5 heteroatoms. The normalized spacial score (nSPS) is 15.6. The lowest BCUT2D eigenvalue weighted by Gasteiger charge is -2.35. The summed E-state index contributed by atoms with van der Waals surface area (Å²) in [7, 11) is 1.94. The van der Waals surface area contributed by atoms with Crippen LogP contribution >= 0.6 is 0 Å². The molecule has 2 nitrogen and oxygen atoms in total. The van der Waals surface area contributed by atoms with Crippen molar-refractivity contribution < 1.29 is 13.2 Å². The second-order valence-corrected chi connectivity index (χ2v) is 5.31. The van der Waals surface area contributed by atoms with Crippen LogP contribution in [-0.4, -0.2) is 43.8 Å². The van der Waals surface area contributed by atoms with E-state index in [0.717, 1.165) is 0 Å². The Morgan fingerprint density at radius 2 is 1.69 bits per heavy atom. The van der Waals surface area contributed by atoms with Crippen LogP contribution in [0.3, 0.4) is 0 Å². The lowest BCUT2D eigenvalue weighted by Crippen LogP contribution is -2.43. The quantitative estimate of drug-likeness (QED) is 0.743. The van der Waals surface area contributed by atoms with Crippen molar-refractivity contribution in [2.75, 3.05) is 26.7 Å². The minimum atomic E-state index is -4.12. The summed E-state index contributed by atoms with van der Waals surface area (Å²) >= 11 is 0. The fraction of sp³-hybridized carbons (Fsp3) is 1.00. The molecule has 1 N–H and O–H groups in total. The first kappa shape index (κ1) is 15.7. The highest BCUT2D eigenvalue weighted by Crippen LogP contribution is 2.22. The zero-order chi connectivity index (χ0) is 13.0. The van der Waals surface area contributed by atoms with Crippen molar-refractivity contribution >= 4 is 0 Å². The van der Waals surface area contributed by atoms with Crippen molar-refractivity contribution in [1.82, 2.24) is 10.2 Å². The van der Waals surface area contributed by atoms with Crippen molar-refractivity contribution in [1.29, 1.82) is 0 Å². The maximum Gasteiger partial charge on any atom is 0.401 e. The minimum Gasteiger partial charge on any atom is -0.307 e. The first-order valence-corrected chi connectivity index (χ1v) is 5.52. The molecule has 0 bridgehead atoms. The fourth-order valence-corrected chi connectivity index (χ4v) is 1.34. The van der Waals surface area contributed by atoms with E-state index in [-0.39, 0.29) is 5.41 Å². The van der Waals surface area contributed by atoms with Crippen molar-refractivity contribution in [2.45, 2.75) is 39.9 Å². The highest BCUT2D eigenvalue weighted by atomic mass is 19.4. The summed E-state index contributed by atoms with van der Waals surface area (Å²) in [4.78, 5) is 2.07. The first-order chi connectivity index (χ1) is 7.04. The van der Waals surface area contributed by atoms with Gasteiger partial charge in [-0.2, -0.15) is 13.2 Å². The van der Waals surface area contributed by atoms with Crippen molar-refractivity contribution in [3.8, 4) is 0 Å². The summed E-state index contributed by atoms with van der Waals surface area (Å²) in [5.74, 6) is 0. The molecule has 16 heavy (non-hydrogen) atoms. The Bertz CT molecular complexity index is 196. The third kappa shape index (κ3) is 7.06. The smallest absolute Gasteiger partial charge is 0.307 e. The molecule has 0 aromatic heterocycles. The largest absolute Gasteiger partial charge is 0.401 e. The van der Waals surface area contributed by atoms with Gasteiger partial charge in [-0.15, -0.1) is 0 Å². The molecule has 1 unspecified atom stereocenters. The third-order valence-electron chi connectivity index (χ3n) is 2.88. The van der Waals surface area contributed by atoms with Gasteiger partial charge in [0.25, 0.3) is 0 Å². The maximum absolute atomic E-state index is 11.9. The maximum atomic E-state index is 11.9. The summed E-state index contributed by atoms with van der Waals surface area (Å²) in [5, 5.41) is 2.40. The number of halogens is 3. The predicted molar refractivity (Wildman–Crippen MR) is 60.5 cm³/mol. The van der Waals surface area contributed by atoms with Crippen LogP contribution in [0.4, 0.5) is 13.2 Å². The topological polar surface area (TPSA) is 15.3 Å². The molecule has 0 aliphatic carbocycles. The molecule has 0 rings (SSSR count). The lowest BCUT2D eigenvalue weighted by atomic mass is 9.87. The third-order valence-corrected chi connectivity index (χ3v) is 2.88. The van der Waals surface area contributed by atoms with Gasteiger partial charge in [-0.25, -0.2) is 0 Å². The fourth-order valence-electron chi connectivity index (χ4n) is 1.34. The Labute approximate surface area is 96.2 Å². The number of nitrogens with one attached hydrogen (secondary N) is 1. The monoisotopic (exact) mass is 240 g/mol. The second kappa shape index (κ2) is 5.87. The van der Waals surface area contributed by atoms with Gasteiger partial charge in [0.15, 0.2) is 0 Å². The molecule has 0 heterocycles. The van der Waals surface area contributed by atoms with Crippen LogP contribution in [0.2, 0.25) is 0 Å². The SMILES string of the molecule is CC(N(C)CCNCC(F)(F)F)C(C)(C)C. The van der Waals surface area contributed by atoms with E-state index in [1.54, 1.807) is 0 Å². The first-order valence-electron chi connectivity index (χ1n) is 5.52. The van der Waals surface area contributed by atoms with Crippen LogP contribution in [0.15, 0.2) is 0 Å². The van der Waals surface area contributed by atoms with Crippen molar-refractivity contribution in [2.24, 2.45) is 5.41 Å². The van der Waals surface area contributed by atoms with Crippen LogP contribution in [0.25, 0.3) is 0 Å². The zero-order valence-corrected chi connectivity index (χ0v) is 10.8. The van der Waals surface area contributed by atoms with Gasteiger partial charge >= 0.3 is 6.18 Å². The van der Waals surface area contributed by atoms with Gasteiger partial charge in [0, 0.05) is 19.1 Å². The molecule has 0 aromatic carbocycles. The van der Waals surface area contributed by atoms with Crippen molar-refractivity contribution in [3.05, 3.63) is 0 Å². The average Bonchev–Trinajstić information content (AvgIpc) is 2.07. The molecule has 0 spiro atoms. The number of alkyl halides is 3. The summed E-state index contributed by atoms with van der Waals surface area (Å²) < 4.78 is 35.6. The standard InChI is InChI=1S/C11H23F3N2/c1-9(10(2,3)4)16(5)7-6-15-8-11(12,13)14/h9,15H,6-8H2,1-5H3. The van der Waals surface area contributed by atoms with Crippen LogP contribution in [-0.2, 0) is 0 Å². The highest BCUT2D eigenvalue weighted by molar-refractivity contribution is 4.77. The van der Waals surface area contributed by atoms with Crippen LogP contribution < -0.4 is 5.32 Å². The molecule has 0 amide bonds. The number of likely N-dealkylation sites (N-methyl/N-ethyl adjacent to an activating group) is 1. The van der Waals surface area contributed by atoms with E-state index in [1.807, 2.05) is 7.05 Å². The number of hydrogen-bond acceptors (Lipinski definition) is 2. The van der Waals surface area contributed by atoms with E-state index in [0.29, 0.717) is 19.1 Å². The number of rotatable bonds is 5. The number of nitrogens with zero attached hydrogens (tertiary/aromatic N) is 1. The minimum absolute atomic E-state index is 0.138. The second-order valence-electron chi connectivity index (χ2n) is 5.31. The van der Waals surface area contributed by atoms with Gasteiger partial charge in [0.2, 0.25) is 0 Å². The molecule has 0 saturated carbocycles. The molecule has 98 valence electrons. The molecular formula is C11H23F3N2. The van der Waals surface area contributed by atoms with E-state index in [4.69, 9.17) is 0 Å². The lowest BCUT2D eigenvalue weighted by molar-refractivity contribution is -0.124. The molecule has 1 atom stereocenters. The molecule has 0 radical (unpaired) electrons. The highest BCUT2D eigenvalue weighted by Gasteiger charge is 2.27. The van der Waals surface area contributed by atoms with E-state index in [2.05, 4.69) is 37.9 Å². The molecular weight excluding hydrogens is 217 g/mol. The molecule has 0 aliphatic rings. The molecule has 0 aromatic rings. The van der Waals surface area contributed by atoms with Crippen molar-refractivity contribution in [3.63, 3.8) is 0 Å². The van der Waals surface area contributed by atoms with Gasteiger partial charge in [0.1, 0.15) is 0 Å². The Kier molecular flexibility index (Phi) is 5.76. The van der Waals surface area contributed by atoms with Crippen LogP contribution in [0.1, 0.15) is 27.7 Å². The van der Waals surface area contributed by atoms with Gasteiger partial charge in [0.05, 0.1) is 6.54 Å². The van der Waals surface area contributed by atoms with Gasteiger partial charge in [-0.3, -0.25) is 0 Å². The Balaban J connectivity index is 3.78. The number of hydrogen-bond donors (Lipinski definition) is 1. The summed E-state index contributed by atoms with van der Waals surface area (Å²) in [6.07, 6.45) is -4.12. The Hall–Kier alpha value is -0.290. The molecule has 0 aliphatic heterocycles. The molecule has 0 fully saturated rings. The zero-order valence-electron chi connectivity index (χ0n) is 10.8. The van der Waals surface area contributed by atoms with E-state index in [1.165, 1.54) is 0 Å². The van der Waals surface area contributed by atoms with E-state index >= 15 is 0 Å². The van der Waals surface area contributed by atoms with Crippen LogP contribution in [0.5, 0.6) is 0 Å². The summed E-state index contributed by atoms with van der Waals surface area (Å²) in [6.45, 7) is 8.52. The average molecular weight is 240 g/mol. The van der Waals surface area contributed by atoms with Gasteiger partial charge < -0.3 is 10.2 Å².